The summed E-state index contributed by atoms with van der Waals surface area (Å²) in [5, 5.41) is 0. The van der Waals surface area contributed by atoms with Gasteiger partial charge in [0.1, 0.15) is 0 Å². The molecule has 18 heavy (non-hydrogen) atoms. The van der Waals surface area contributed by atoms with Crippen molar-refractivity contribution in [2.45, 2.75) is 19.3 Å². The van der Waals surface area contributed by atoms with Gasteiger partial charge in [-0.15, -0.1) is 0 Å². The van der Waals surface area contributed by atoms with Crippen LogP contribution in [0.15, 0.2) is 18.2 Å². The van der Waals surface area contributed by atoms with Crippen molar-refractivity contribution < 1.29 is 13.9 Å². The van der Waals surface area contributed by atoms with E-state index in [9.17, 15) is 9.18 Å². The molecule has 1 aliphatic rings. The lowest BCUT2D eigenvalue weighted by Crippen LogP contribution is -2.34. The van der Waals surface area contributed by atoms with Crippen molar-refractivity contribution in [3.05, 3.63) is 29.6 Å². The van der Waals surface area contributed by atoms with Crippen LogP contribution in [0.1, 0.15) is 29.6 Å². The molecule has 0 bridgehead atoms. The molecule has 3 nitrogen and oxygen atoms in total. The number of carbonyl (C=O) groups excluding carboxylic acids is 1. The summed E-state index contributed by atoms with van der Waals surface area (Å²) in [5.41, 5.74) is 0.416. The summed E-state index contributed by atoms with van der Waals surface area (Å²) in [6.45, 7) is 2.31. The highest BCUT2D eigenvalue weighted by atomic mass is 19.1. The number of ether oxygens (including phenoxy) is 1. The second kappa shape index (κ2) is 5.96. The Kier molecular flexibility index (Phi) is 4.31. The molecule has 0 radical (unpaired) electrons. The molecule has 0 saturated carbocycles. The minimum Gasteiger partial charge on any atom is -0.494 e. The van der Waals surface area contributed by atoms with Gasteiger partial charge in [-0.25, -0.2) is 4.39 Å². The molecular formula is C14H18FNO2. The topological polar surface area (TPSA) is 29.5 Å². The molecule has 0 aromatic heterocycles. The summed E-state index contributed by atoms with van der Waals surface area (Å²) >= 11 is 0. The van der Waals surface area contributed by atoms with Crippen molar-refractivity contribution in [3.63, 3.8) is 0 Å². The van der Waals surface area contributed by atoms with E-state index < -0.39 is 5.82 Å². The van der Waals surface area contributed by atoms with E-state index in [0.29, 0.717) is 12.1 Å². The number of hydrogen-bond acceptors (Lipinski definition) is 3. The number of halogens is 1. The van der Waals surface area contributed by atoms with Crippen LogP contribution in [0.4, 0.5) is 4.39 Å². The fourth-order valence-electron chi connectivity index (χ4n) is 2.25. The van der Waals surface area contributed by atoms with Crippen LogP contribution in [0.3, 0.4) is 0 Å². The molecule has 0 atom stereocenters. The van der Waals surface area contributed by atoms with Crippen molar-refractivity contribution in [3.8, 4) is 5.75 Å². The fraction of sp³-hybridized carbons (Fsp3) is 0.500. The van der Waals surface area contributed by atoms with Crippen LogP contribution < -0.4 is 4.74 Å². The van der Waals surface area contributed by atoms with Crippen molar-refractivity contribution >= 4 is 5.78 Å². The average molecular weight is 251 g/mol. The number of Topliss-reactive ketones (excluding diaryl/α,β-unsaturated/α-hetero) is 1. The van der Waals surface area contributed by atoms with Crippen molar-refractivity contribution in [1.82, 2.24) is 4.90 Å². The Bertz CT molecular complexity index is 428. The largest absolute Gasteiger partial charge is 0.494 e. The van der Waals surface area contributed by atoms with Crippen molar-refractivity contribution in [2.75, 3.05) is 26.7 Å². The molecular weight excluding hydrogens is 233 g/mol. The third kappa shape index (κ3) is 3.07. The number of rotatable bonds is 4. The van der Waals surface area contributed by atoms with Gasteiger partial charge in [-0.1, -0.05) is 6.42 Å². The molecule has 0 amide bonds. The third-order valence-electron chi connectivity index (χ3n) is 3.29. The van der Waals surface area contributed by atoms with E-state index in [2.05, 4.69) is 4.90 Å². The number of nitrogens with zero attached hydrogens (tertiary/aromatic N) is 1. The maximum atomic E-state index is 13.5. The summed E-state index contributed by atoms with van der Waals surface area (Å²) in [4.78, 5) is 14.1. The molecule has 0 aliphatic carbocycles. The smallest absolute Gasteiger partial charge is 0.176 e. The molecule has 1 heterocycles. The van der Waals surface area contributed by atoms with Crippen LogP contribution in [-0.2, 0) is 0 Å². The van der Waals surface area contributed by atoms with E-state index in [-0.39, 0.29) is 11.5 Å². The number of piperidine rings is 1. The zero-order chi connectivity index (χ0) is 13.0. The second-order valence-electron chi connectivity index (χ2n) is 4.61. The first-order chi connectivity index (χ1) is 8.70. The first kappa shape index (κ1) is 13.0. The lowest BCUT2D eigenvalue weighted by Gasteiger charge is -2.25. The van der Waals surface area contributed by atoms with E-state index in [4.69, 9.17) is 4.74 Å². The Labute approximate surface area is 107 Å². The SMILES string of the molecule is COc1ccc(C(=O)CN2CCCCC2)cc1F. The molecule has 1 fully saturated rings. The van der Waals surface area contributed by atoms with Crippen LogP contribution in [0.2, 0.25) is 0 Å². The number of hydrogen-bond donors (Lipinski definition) is 0. The van der Waals surface area contributed by atoms with Crippen LogP contribution in [0.25, 0.3) is 0 Å². The summed E-state index contributed by atoms with van der Waals surface area (Å²) in [7, 11) is 1.41. The Morgan fingerprint density at radius 2 is 2.06 bits per heavy atom. The number of methoxy groups -OCH3 is 1. The Hall–Kier alpha value is -1.42. The molecule has 1 aromatic carbocycles. The molecule has 0 unspecified atom stereocenters. The summed E-state index contributed by atoms with van der Waals surface area (Å²) in [6.07, 6.45) is 3.52. The molecule has 98 valence electrons. The quantitative estimate of drug-likeness (QED) is 0.770. The second-order valence-corrected chi connectivity index (χ2v) is 4.61. The zero-order valence-electron chi connectivity index (χ0n) is 10.6. The Balaban J connectivity index is 2.01. The highest BCUT2D eigenvalue weighted by molar-refractivity contribution is 5.97. The van der Waals surface area contributed by atoms with E-state index in [1.165, 1.54) is 25.7 Å². The van der Waals surface area contributed by atoms with Gasteiger partial charge in [0.2, 0.25) is 0 Å². The van der Waals surface area contributed by atoms with Crippen LogP contribution in [0, 0.1) is 5.82 Å². The van der Waals surface area contributed by atoms with Gasteiger partial charge in [-0.2, -0.15) is 0 Å². The summed E-state index contributed by atoms with van der Waals surface area (Å²) in [6, 6.07) is 4.37. The number of ketones is 1. The van der Waals surface area contributed by atoms with E-state index in [1.807, 2.05) is 0 Å². The molecule has 2 rings (SSSR count). The number of benzene rings is 1. The molecule has 1 aromatic rings. The normalized spacial score (nSPS) is 16.6. The minimum absolute atomic E-state index is 0.0292. The van der Waals surface area contributed by atoms with Gasteiger partial charge in [0, 0.05) is 5.56 Å². The maximum Gasteiger partial charge on any atom is 0.176 e. The number of likely N-dealkylation sites (tertiary alicyclic amines) is 1. The molecule has 4 heteroatoms. The average Bonchev–Trinajstić information content (AvgIpc) is 2.39. The van der Waals surface area contributed by atoms with Crippen LogP contribution in [-0.4, -0.2) is 37.4 Å². The van der Waals surface area contributed by atoms with Crippen molar-refractivity contribution in [1.29, 1.82) is 0 Å². The molecule has 1 saturated heterocycles. The predicted molar refractivity (Wildman–Crippen MR) is 67.6 cm³/mol. The fourth-order valence-corrected chi connectivity index (χ4v) is 2.25. The molecule has 0 N–H and O–H groups in total. The van der Waals surface area contributed by atoms with Crippen molar-refractivity contribution in [2.24, 2.45) is 0 Å². The predicted octanol–water partition coefficient (Wildman–Crippen LogP) is 2.50. The minimum atomic E-state index is -0.484. The molecule has 1 aliphatic heterocycles. The van der Waals surface area contributed by atoms with Crippen LogP contribution >= 0.6 is 0 Å². The molecule has 0 spiro atoms. The summed E-state index contributed by atoms with van der Waals surface area (Å²) in [5.74, 6) is -0.343. The van der Waals surface area contributed by atoms with Gasteiger partial charge < -0.3 is 4.74 Å². The lowest BCUT2D eigenvalue weighted by molar-refractivity contribution is 0.0915. The van der Waals surface area contributed by atoms with E-state index in [1.54, 1.807) is 6.07 Å². The highest BCUT2D eigenvalue weighted by Crippen LogP contribution is 2.18. The van der Waals surface area contributed by atoms with Gasteiger partial charge in [0.05, 0.1) is 13.7 Å². The van der Waals surface area contributed by atoms with E-state index >= 15 is 0 Å². The lowest BCUT2D eigenvalue weighted by atomic mass is 10.1. The Morgan fingerprint density at radius 3 is 2.67 bits per heavy atom. The highest BCUT2D eigenvalue weighted by Gasteiger charge is 2.16. The van der Waals surface area contributed by atoms with E-state index in [0.717, 1.165) is 25.9 Å². The van der Waals surface area contributed by atoms with Gasteiger partial charge in [0.15, 0.2) is 17.3 Å². The number of carbonyl (C=O) groups is 1. The van der Waals surface area contributed by atoms with Gasteiger partial charge in [0.25, 0.3) is 0 Å². The first-order valence-electron chi connectivity index (χ1n) is 6.30. The first-order valence-corrected chi connectivity index (χ1v) is 6.30. The van der Waals surface area contributed by atoms with Gasteiger partial charge in [-0.05, 0) is 44.1 Å². The summed E-state index contributed by atoms with van der Waals surface area (Å²) < 4.78 is 18.3. The van der Waals surface area contributed by atoms with Crippen LogP contribution in [0.5, 0.6) is 5.75 Å². The zero-order valence-corrected chi connectivity index (χ0v) is 10.6. The Morgan fingerprint density at radius 1 is 1.33 bits per heavy atom. The third-order valence-corrected chi connectivity index (χ3v) is 3.29. The maximum absolute atomic E-state index is 13.5. The van der Waals surface area contributed by atoms with Gasteiger partial charge in [-0.3, -0.25) is 9.69 Å². The standard InChI is InChI=1S/C14H18FNO2/c1-18-14-6-5-11(9-12(14)15)13(17)10-16-7-3-2-4-8-16/h5-6,9H,2-4,7-8,10H2,1H3. The monoisotopic (exact) mass is 251 g/mol. The van der Waals surface area contributed by atoms with Gasteiger partial charge >= 0.3 is 0 Å².